The van der Waals surface area contributed by atoms with Gasteiger partial charge in [0.25, 0.3) is 12.9 Å². The van der Waals surface area contributed by atoms with Gasteiger partial charge in [-0.2, -0.15) is 0 Å². The molecule has 0 bridgehead atoms. The summed E-state index contributed by atoms with van der Waals surface area (Å²) in [5.41, 5.74) is 6.68. The predicted molar refractivity (Wildman–Crippen MR) is 228 cm³/mol. The Morgan fingerprint density at radius 3 is 2.28 bits per heavy atom. The van der Waals surface area contributed by atoms with E-state index >= 15 is 0 Å². The average molecular weight is 800 g/mol. The number of fused-ring (bicyclic) bond motifs is 2. The second-order valence-corrected chi connectivity index (χ2v) is 14.1. The molecule has 15 nitrogen and oxygen atoms in total. The second-order valence-electron chi connectivity index (χ2n) is 14.1. The lowest BCUT2D eigenvalue weighted by atomic mass is 10.0. The molecule has 1 aliphatic rings. The molecule has 0 radical (unpaired) electrons. The molecule has 0 aliphatic carbocycles. The fourth-order valence-electron chi connectivity index (χ4n) is 6.54. The van der Waals surface area contributed by atoms with Crippen LogP contribution in [0.1, 0.15) is 77.5 Å². The molecule has 3 aromatic heterocycles. The fraction of sp³-hybridized carbons (Fsp3) is 0.465. The zero-order valence-corrected chi connectivity index (χ0v) is 35.2. The molecule has 2 unspecified atom stereocenters. The van der Waals surface area contributed by atoms with Gasteiger partial charge < -0.3 is 40.3 Å². The van der Waals surface area contributed by atoms with E-state index in [0.717, 1.165) is 94.7 Å². The van der Waals surface area contributed by atoms with Gasteiger partial charge >= 0.3 is 0 Å². The number of benzene rings is 2. The molecule has 2 aromatic carbocycles. The molecule has 2 atom stereocenters. The zero-order chi connectivity index (χ0) is 42.5. The van der Waals surface area contributed by atoms with Crippen LogP contribution in [0.4, 0.5) is 0 Å². The van der Waals surface area contributed by atoms with Crippen molar-refractivity contribution < 1.29 is 28.7 Å². The summed E-state index contributed by atoms with van der Waals surface area (Å²) in [6, 6.07) is 16.4. The van der Waals surface area contributed by atoms with Crippen LogP contribution in [0.25, 0.3) is 44.5 Å². The smallest absolute Gasteiger partial charge is 0.292 e. The van der Waals surface area contributed by atoms with Crippen molar-refractivity contribution in [3.8, 4) is 22.5 Å². The number of aryl methyl sites for hydroxylation is 1. The number of aromatic amines is 2. The quantitative estimate of drug-likeness (QED) is 0.0641. The minimum Gasteiger partial charge on any atom is -0.471 e. The molecule has 1 aliphatic heterocycles. The summed E-state index contributed by atoms with van der Waals surface area (Å²) in [7, 11) is 6.24. The molecule has 58 heavy (non-hydrogen) atoms. The topological polar surface area (TPSA) is 196 Å². The van der Waals surface area contributed by atoms with Crippen molar-refractivity contribution in [3.05, 3.63) is 66.4 Å². The average Bonchev–Trinajstić information content (AvgIpc) is 4.01. The van der Waals surface area contributed by atoms with Gasteiger partial charge in [0.1, 0.15) is 11.6 Å². The van der Waals surface area contributed by atoms with E-state index in [-0.39, 0.29) is 29.8 Å². The largest absolute Gasteiger partial charge is 0.471 e. The van der Waals surface area contributed by atoms with Crippen LogP contribution in [-0.2, 0) is 35.1 Å². The summed E-state index contributed by atoms with van der Waals surface area (Å²) in [6.45, 7) is 10.9. The van der Waals surface area contributed by atoms with Gasteiger partial charge in [-0.15, -0.1) is 0 Å². The Morgan fingerprint density at radius 1 is 0.931 bits per heavy atom. The van der Waals surface area contributed by atoms with Gasteiger partial charge in [0.05, 0.1) is 67.0 Å². The SMILES string of the molecule is CCC.CNCC(=O)NCCCCc1ncc(-c2ccc3nc(-c4ccc5nc(C6CCCN6C(=O)C(NC)C(C)C)[nH]c5c4)ccc3c2)[nH]1.COC=O.COC=O. The molecule has 2 amide bonds. The number of amides is 2. The van der Waals surface area contributed by atoms with Crippen molar-refractivity contribution in [2.45, 2.75) is 78.3 Å². The Kier molecular flexibility index (Phi) is 20.0. The van der Waals surface area contributed by atoms with Crippen molar-refractivity contribution in [2.75, 3.05) is 47.9 Å². The molecule has 0 saturated carbocycles. The number of unbranched alkanes of at least 4 members (excludes halogenated alkanes) is 1. The number of pyridine rings is 1. The van der Waals surface area contributed by atoms with Crippen LogP contribution >= 0.6 is 0 Å². The third-order valence-corrected chi connectivity index (χ3v) is 9.21. The Bertz CT molecular complexity index is 2020. The molecule has 6 rings (SSSR count). The highest BCUT2D eigenvalue weighted by molar-refractivity contribution is 5.88. The van der Waals surface area contributed by atoms with E-state index in [4.69, 9.17) is 19.6 Å². The minimum absolute atomic E-state index is 0.0183. The number of nitrogens with one attached hydrogen (secondary N) is 5. The summed E-state index contributed by atoms with van der Waals surface area (Å²) >= 11 is 0. The number of H-pyrrole nitrogens is 2. The van der Waals surface area contributed by atoms with Crippen LogP contribution in [0.5, 0.6) is 0 Å². The molecular weight excluding hydrogens is 739 g/mol. The number of methoxy groups -OCH3 is 2. The van der Waals surface area contributed by atoms with Gasteiger partial charge in [-0.1, -0.05) is 52.3 Å². The van der Waals surface area contributed by atoms with Crippen molar-refractivity contribution >= 4 is 46.7 Å². The number of likely N-dealkylation sites (N-methyl/N-ethyl adjacent to an activating group) is 2. The maximum Gasteiger partial charge on any atom is 0.292 e. The Morgan fingerprint density at radius 2 is 1.62 bits per heavy atom. The summed E-state index contributed by atoms with van der Waals surface area (Å²) in [6.07, 6.45) is 7.67. The highest BCUT2D eigenvalue weighted by Crippen LogP contribution is 2.34. The standard InChI is InChI=1S/C36H45N9O2.C3H8.2C2H4O2/c1-22(2)34(38-4)36(47)45-17-7-8-31(45)35-43-28-15-12-25(19-29(28)44-35)27-13-10-23-18-24(11-14-26(23)41-27)30-20-40-32(42-30)9-5-6-16-39-33(46)21-37-3;1-3-2;2*1-4-2-3/h10-15,18-20,22,31,34,37-38H,5-9,16-17,21H2,1-4H3,(H,39,46)(H,40,42)(H,43,44);3H2,1-2H3;2*2H,1H3. The van der Waals surface area contributed by atoms with Gasteiger partial charge in [0.15, 0.2) is 0 Å². The number of aromatic nitrogens is 5. The molecule has 4 heterocycles. The maximum absolute atomic E-state index is 13.4. The van der Waals surface area contributed by atoms with E-state index < -0.39 is 0 Å². The molecular formula is C43H61N9O6. The first-order valence-corrected chi connectivity index (χ1v) is 19.9. The summed E-state index contributed by atoms with van der Waals surface area (Å²) in [4.78, 5) is 66.2. The van der Waals surface area contributed by atoms with Crippen LogP contribution < -0.4 is 16.0 Å². The van der Waals surface area contributed by atoms with Crippen molar-refractivity contribution in [3.63, 3.8) is 0 Å². The van der Waals surface area contributed by atoms with Crippen molar-refractivity contribution in [2.24, 2.45) is 5.92 Å². The number of hydrogen-bond donors (Lipinski definition) is 5. The molecule has 1 saturated heterocycles. The zero-order valence-electron chi connectivity index (χ0n) is 35.2. The lowest BCUT2D eigenvalue weighted by Crippen LogP contribution is -2.47. The number of imidazole rings is 2. The highest BCUT2D eigenvalue weighted by atomic mass is 16.5. The first-order valence-electron chi connectivity index (χ1n) is 19.9. The van der Waals surface area contributed by atoms with E-state index in [2.05, 4.69) is 111 Å². The van der Waals surface area contributed by atoms with Crippen molar-refractivity contribution in [1.82, 2.24) is 45.8 Å². The van der Waals surface area contributed by atoms with Gasteiger partial charge in [-0.05, 0) is 76.0 Å². The van der Waals surface area contributed by atoms with E-state index in [1.165, 1.54) is 20.6 Å². The first-order chi connectivity index (χ1) is 28.1. The molecule has 5 aromatic rings. The number of rotatable bonds is 15. The summed E-state index contributed by atoms with van der Waals surface area (Å²) < 4.78 is 7.72. The molecule has 314 valence electrons. The molecule has 15 heteroatoms. The number of likely N-dealkylation sites (tertiary alicyclic amines) is 1. The fourth-order valence-corrected chi connectivity index (χ4v) is 6.54. The number of nitrogens with zero attached hydrogens (tertiary/aromatic N) is 4. The number of carbonyl (C=O) groups is 4. The Balaban J connectivity index is 0.000000731. The van der Waals surface area contributed by atoms with Crippen molar-refractivity contribution in [1.29, 1.82) is 0 Å². The normalized spacial score (nSPS) is 13.7. The Hall–Kier alpha value is -5.67. The van der Waals surface area contributed by atoms with E-state index in [1.54, 1.807) is 7.05 Å². The van der Waals surface area contributed by atoms with Crippen LogP contribution in [0.15, 0.2) is 54.7 Å². The minimum atomic E-state index is -0.204. The van der Waals surface area contributed by atoms with E-state index in [0.29, 0.717) is 26.0 Å². The van der Waals surface area contributed by atoms with Crippen LogP contribution in [0, 0.1) is 5.92 Å². The van der Waals surface area contributed by atoms with Gasteiger partial charge in [0.2, 0.25) is 11.8 Å². The van der Waals surface area contributed by atoms with E-state index in [9.17, 15) is 9.59 Å². The highest BCUT2D eigenvalue weighted by Gasteiger charge is 2.36. The van der Waals surface area contributed by atoms with Gasteiger partial charge in [0, 0.05) is 36.0 Å². The second kappa shape index (κ2) is 24.9. The number of hydrogen-bond acceptors (Lipinski definition) is 11. The first kappa shape index (κ1) is 46.7. The number of carbonyl (C=O) groups excluding carboxylic acids is 4. The maximum atomic E-state index is 13.4. The summed E-state index contributed by atoms with van der Waals surface area (Å²) in [5, 5.41) is 10.0. The van der Waals surface area contributed by atoms with Crippen LogP contribution in [0.2, 0.25) is 0 Å². The molecule has 5 N–H and O–H groups in total. The molecule has 1 fully saturated rings. The van der Waals surface area contributed by atoms with Crippen LogP contribution in [0.3, 0.4) is 0 Å². The Labute approximate surface area is 341 Å². The number of ether oxygens (including phenoxy) is 2. The third-order valence-electron chi connectivity index (χ3n) is 9.21. The monoisotopic (exact) mass is 799 g/mol. The predicted octanol–water partition coefficient (Wildman–Crippen LogP) is 5.73. The van der Waals surface area contributed by atoms with Crippen LogP contribution in [-0.4, -0.2) is 109 Å². The lowest BCUT2D eigenvalue weighted by molar-refractivity contribution is -0.135. The lowest BCUT2D eigenvalue weighted by Gasteiger charge is -2.29. The van der Waals surface area contributed by atoms with E-state index in [1.807, 2.05) is 24.2 Å². The summed E-state index contributed by atoms with van der Waals surface area (Å²) in [5.74, 6) is 2.16. The van der Waals surface area contributed by atoms with Gasteiger partial charge in [-0.25, -0.2) is 15.0 Å². The third kappa shape index (κ3) is 13.5. The molecule has 0 spiro atoms. The van der Waals surface area contributed by atoms with Gasteiger partial charge in [-0.3, -0.25) is 19.2 Å².